The Bertz CT molecular complexity index is 77.3. The Balaban J connectivity index is 0. The molecule has 0 aromatic carbocycles. The van der Waals surface area contributed by atoms with Crippen molar-refractivity contribution in [2.24, 2.45) is 0 Å². The molecule has 0 heterocycles. The summed E-state index contributed by atoms with van der Waals surface area (Å²) in [6, 6.07) is 0. The second-order valence-corrected chi connectivity index (χ2v) is 10.4. The maximum Gasteiger partial charge on any atom is -1.00 e. The third-order valence-electron chi connectivity index (χ3n) is 2.65. The number of hydrogen-bond donors (Lipinski definition) is 0. The van der Waals surface area contributed by atoms with Gasteiger partial charge in [0.2, 0.25) is 0 Å². The van der Waals surface area contributed by atoms with Gasteiger partial charge in [0, 0.05) is 0 Å². The van der Waals surface area contributed by atoms with E-state index in [4.69, 9.17) is 0 Å². The van der Waals surface area contributed by atoms with Gasteiger partial charge in [0.05, 0.1) is 0 Å². The topological polar surface area (TPSA) is 0 Å². The van der Waals surface area contributed by atoms with E-state index in [1.54, 1.807) is 15.8 Å². The van der Waals surface area contributed by atoms with E-state index >= 15 is 0 Å². The molecule has 0 aliphatic carbocycles. The van der Waals surface area contributed by atoms with Crippen LogP contribution in [0.5, 0.6) is 0 Å². The summed E-state index contributed by atoms with van der Waals surface area (Å²) >= 11 is -0.552. The average Bonchev–Trinajstić information content (AvgIpc) is 2.17. The smallest absolute Gasteiger partial charge is 1.00 e. The first-order chi connectivity index (χ1) is 6.35. The van der Waals surface area contributed by atoms with Crippen molar-refractivity contribution >= 4 is 14.3 Å². The van der Waals surface area contributed by atoms with Crippen LogP contribution in [0.2, 0.25) is 15.8 Å². The van der Waals surface area contributed by atoms with Crippen molar-refractivity contribution in [1.82, 2.24) is 0 Å². The van der Waals surface area contributed by atoms with Crippen molar-refractivity contribution in [3.8, 4) is 0 Å². The van der Waals surface area contributed by atoms with Crippen molar-refractivity contribution in [1.29, 1.82) is 0 Å². The largest absolute Gasteiger partial charge is 1.00 e. The molecule has 0 fully saturated rings. The van der Waals surface area contributed by atoms with Gasteiger partial charge in [-0.2, -0.15) is 0 Å². The molecule has 0 spiro atoms. The fourth-order valence-electron chi connectivity index (χ4n) is 1.66. The van der Waals surface area contributed by atoms with Gasteiger partial charge in [0.1, 0.15) is 0 Å². The van der Waals surface area contributed by atoms with Gasteiger partial charge in [-0.15, -0.1) is 0 Å². The van der Waals surface area contributed by atoms with E-state index in [1.807, 2.05) is 0 Å². The molecular weight excluding hydrogens is 236 g/mol. The van der Waals surface area contributed by atoms with Crippen LogP contribution in [0.15, 0.2) is 0 Å². The molecule has 0 N–H and O–H groups in total. The van der Waals surface area contributed by atoms with Crippen LogP contribution >= 0.6 is 0 Å². The summed E-state index contributed by atoms with van der Waals surface area (Å²) in [5.74, 6) is 0. The molecule has 0 aliphatic heterocycles. The summed E-state index contributed by atoms with van der Waals surface area (Å²) in [5, 5.41) is 4.95. The van der Waals surface area contributed by atoms with E-state index < -0.39 is 14.3 Å². The summed E-state index contributed by atoms with van der Waals surface area (Å²) in [6.07, 6.45) is 8.78. The predicted octanol–water partition coefficient (Wildman–Crippen LogP) is 1.89. The minimum atomic E-state index is -0.552. The first-order valence-corrected chi connectivity index (χ1v) is 10.6. The Kier molecular flexibility index (Phi) is 16.3. The Morgan fingerprint density at radius 2 is 0.929 bits per heavy atom. The van der Waals surface area contributed by atoms with Crippen LogP contribution in [0, 0.1) is 0 Å². The fourth-order valence-corrected chi connectivity index (χ4v) is 8.60. The van der Waals surface area contributed by atoms with E-state index in [0.717, 1.165) is 0 Å². The van der Waals surface area contributed by atoms with Gasteiger partial charge in [-0.3, -0.25) is 0 Å². The number of hydrogen-bond acceptors (Lipinski definition) is 0. The molecule has 0 saturated carbocycles. The van der Waals surface area contributed by atoms with Crippen LogP contribution < -0.4 is 4.70 Å². The van der Waals surface area contributed by atoms with E-state index in [2.05, 4.69) is 20.8 Å². The molecule has 0 rings (SSSR count). The van der Waals surface area contributed by atoms with Crippen LogP contribution in [0.3, 0.4) is 0 Å². The average molecular weight is 263 g/mol. The van der Waals surface area contributed by atoms with E-state index in [9.17, 15) is 0 Å². The third kappa shape index (κ3) is 10.6. The van der Waals surface area contributed by atoms with Gasteiger partial charge in [-0.1, -0.05) is 0 Å². The second-order valence-electron chi connectivity index (χ2n) is 4.06. The van der Waals surface area contributed by atoms with Crippen molar-refractivity contribution in [3.63, 3.8) is 0 Å². The molecule has 0 radical (unpaired) electrons. The maximum atomic E-state index is 2.33. The molecule has 0 aliphatic rings. The van der Waals surface area contributed by atoms with Gasteiger partial charge in [0.25, 0.3) is 0 Å². The SMILES string of the molecule is CCC[CH2][Ge+]([CH2]CCC)[CH2]CCC.[F-]. The zero-order valence-corrected chi connectivity index (χ0v) is 12.3. The van der Waals surface area contributed by atoms with Gasteiger partial charge < -0.3 is 4.70 Å². The Morgan fingerprint density at radius 1 is 0.643 bits per heavy atom. The number of halogens is 1. The van der Waals surface area contributed by atoms with Crippen LogP contribution in [-0.4, -0.2) is 14.3 Å². The molecule has 2 heteroatoms. The third-order valence-corrected chi connectivity index (χ3v) is 9.33. The van der Waals surface area contributed by atoms with Crippen molar-refractivity contribution in [3.05, 3.63) is 0 Å². The molecule has 0 aromatic heterocycles. The van der Waals surface area contributed by atoms with Crippen molar-refractivity contribution in [2.75, 3.05) is 0 Å². The molecule has 0 unspecified atom stereocenters. The molecule has 86 valence electrons. The molecular formula is C12H27FGe. The molecule has 0 amide bonds. The first-order valence-electron chi connectivity index (χ1n) is 6.18. The van der Waals surface area contributed by atoms with Crippen molar-refractivity contribution < 1.29 is 4.70 Å². The quantitative estimate of drug-likeness (QED) is 0.557. The monoisotopic (exact) mass is 264 g/mol. The van der Waals surface area contributed by atoms with Gasteiger partial charge in [-0.25, -0.2) is 0 Å². The minimum Gasteiger partial charge on any atom is -1.00 e. The van der Waals surface area contributed by atoms with Crippen LogP contribution in [0.1, 0.15) is 59.3 Å². The predicted molar refractivity (Wildman–Crippen MR) is 64.9 cm³/mol. The van der Waals surface area contributed by atoms with E-state index in [0.29, 0.717) is 0 Å². The summed E-state index contributed by atoms with van der Waals surface area (Å²) < 4.78 is 0. The molecule has 14 heavy (non-hydrogen) atoms. The van der Waals surface area contributed by atoms with E-state index in [-0.39, 0.29) is 4.70 Å². The fraction of sp³-hybridized carbons (Fsp3) is 1.00. The summed E-state index contributed by atoms with van der Waals surface area (Å²) in [7, 11) is 0. The summed E-state index contributed by atoms with van der Waals surface area (Å²) in [5.41, 5.74) is 0. The van der Waals surface area contributed by atoms with Gasteiger partial charge in [0.15, 0.2) is 0 Å². The maximum absolute atomic E-state index is 2.33. The summed E-state index contributed by atoms with van der Waals surface area (Å²) in [6.45, 7) is 6.99. The zero-order valence-electron chi connectivity index (χ0n) is 10.2. The standard InChI is InChI=1S/C12H27Ge.FH/c1-4-7-10-13(11-8-5-2)12-9-6-3;/h4-12H2,1-3H3;1H/q+1;/p-1. The molecule has 0 atom stereocenters. The Morgan fingerprint density at radius 3 is 1.14 bits per heavy atom. The molecule has 0 nitrogen and oxygen atoms in total. The second kappa shape index (κ2) is 13.5. The Hall–Kier alpha value is 0.473. The minimum absolute atomic E-state index is 0. The summed E-state index contributed by atoms with van der Waals surface area (Å²) in [4.78, 5) is 0. The molecule has 0 bridgehead atoms. The number of unbranched alkanes of at least 4 members (excludes halogenated alkanes) is 3. The van der Waals surface area contributed by atoms with Gasteiger partial charge >= 0.3 is 89.4 Å². The van der Waals surface area contributed by atoms with Gasteiger partial charge in [-0.05, 0) is 0 Å². The van der Waals surface area contributed by atoms with E-state index in [1.165, 1.54) is 38.5 Å². The normalized spacial score (nSPS) is 9.64. The molecule has 0 aromatic rings. The zero-order chi connectivity index (χ0) is 9.94. The van der Waals surface area contributed by atoms with Crippen molar-refractivity contribution in [2.45, 2.75) is 75.1 Å². The van der Waals surface area contributed by atoms with Crippen LogP contribution in [-0.2, 0) is 0 Å². The Labute approximate surface area is 94.3 Å². The number of rotatable bonds is 9. The molecule has 0 saturated heterocycles. The van der Waals surface area contributed by atoms with Crippen LogP contribution in [0.4, 0.5) is 0 Å². The van der Waals surface area contributed by atoms with Crippen LogP contribution in [0.25, 0.3) is 0 Å². The first kappa shape index (κ1) is 16.9.